The molecule has 0 saturated heterocycles. The second kappa shape index (κ2) is 8.14. The molecule has 1 heterocycles. The zero-order valence-corrected chi connectivity index (χ0v) is 15.9. The first-order chi connectivity index (χ1) is 13.0. The SMILES string of the molecule is CON(O)c1ccccc1OCC1(CC2CCCCC2)N=C(N)N(C)C1=O. The van der Waals surface area contributed by atoms with Gasteiger partial charge in [0.15, 0.2) is 11.5 Å². The number of nitrogens with zero attached hydrogens (tertiary/aromatic N) is 3. The summed E-state index contributed by atoms with van der Waals surface area (Å²) >= 11 is 0. The van der Waals surface area contributed by atoms with Crippen LogP contribution < -0.4 is 15.7 Å². The van der Waals surface area contributed by atoms with E-state index in [9.17, 15) is 10.0 Å². The summed E-state index contributed by atoms with van der Waals surface area (Å²) in [5.41, 5.74) is 5.27. The van der Waals surface area contributed by atoms with Gasteiger partial charge in [-0.3, -0.25) is 19.7 Å². The number of carbonyl (C=O) groups excluding carboxylic acids is 1. The lowest BCUT2D eigenvalue weighted by molar-refractivity contribution is -0.132. The van der Waals surface area contributed by atoms with Crippen molar-refractivity contribution < 1.29 is 19.6 Å². The van der Waals surface area contributed by atoms with Crippen LogP contribution in [-0.2, 0) is 9.63 Å². The number of para-hydroxylation sites is 2. The molecule has 3 N–H and O–H groups in total. The van der Waals surface area contributed by atoms with E-state index in [1.807, 2.05) is 0 Å². The van der Waals surface area contributed by atoms with Crippen LogP contribution in [0.1, 0.15) is 38.5 Å². The molecule has 1 saturated carbocycles. The van der Waals surface area contributed by atoms with Crippen LogP contribution in [-0.4, -0.2) is 48.3 Å². The molecule has 8 heteroatoms. The molecule has 2 aliphatic rings. The van der Waals surface area contributed by atoms with Crippen molar-refractivity contribution in [2.24, 2.45) is 16.6 Å². The highest BCUT2D eigenvalue weighted by Gasteiger charge is 2.48. The van der Waals surface area contributed by atoms with E-state index in [1.165, 1.54) is 31.3 Å². The van der Waals surface area contributed by atoms with E-state index >= 15 is 0 Å². The topological polar surface area (TPSA) is 101 Å². The number of hydrogen-bond donors (Lipinski definition) is 2. The van der Waals surface area contributed by atoms with Crippen molar-refractivity contribution in [1.29, 1.82) is 0 Å². The highest BCUT2D eigenvalue weighted by Crippen LogP contribution is 2.37. The normalized spacial score (nSPS) is 23.4. The third-order valence-corrected chi connectivity index (χ3v) is 5.44. The van der Waals surface area contributed by atoms with Crippen LogP contribution in [0.25, 0.3) is 0 Å². The molecule has 1 fully saturated rings. The van der Waals surface area contributed by atoms with Gasteiger partial charge in [-0.25, -0.2) is 4.99 Å². The number of likely N-dealkylation sites (N-methyl/N-ethyl adjacent to an activating group) is 1. The minimum Gasteiger partial charge on any atom is -0.488 e. The van der Waals surface area contributed by atoms with E-state index in [1.54, 1.807) is 31.3 Å². The van der Waals surface area contributed by atoms with Gasteiger partial charge in [-0.05, 0) is 24.5 Å². The standard InChI is InChI=1S/C19H28N4O4/c1-22-17(24)19(21-18(22)20,12-14-8-4-3-5-9-14)13-27-16-11-7-6-10-15(16)23(25)26-2/h6-7,10-11,14,25H,3-5,8-9,12-13H2,1-2H3,(H2,20,21). The van der Waals surface area contributed by atoms with Gasteiger partial charge in [-0.15, -0.1) is 5.23 Å². The second-order valence-electron chi connectivity index (χ2n) is 7.29. The van der Waals surface area contributed by atoms with E-state index in [4.69, 9.17) is 15.3 Å². The van der Waals surface area contributed by atoms with Gasteiger partial charge in [0.1, 0.15) is 18.0 Å². The van der Waals surface area contributed by atoms with E-state index < -0.39 is 5.54 Å². The van der Waals surface area contributed by atoms with Crippen LogP contribution >= 0.6 is 0 Å². The van der Waals surface area contributed by atoms with Gasteiger partial charge in [0.05, 0.1) is 7.11 Å². The van der Waals surface area contributed by atoms with Crippen molar-refractivity contribution in [1.82, 2.24) is 4.90 Å². The Hall–Kier alpha value is -2.32. The van der Waals surface area contributed by atoms with Gasteiger partial charge in [-0.2, -0.15) is 0 Å². The number of ether oxygens (including phenoxy) is 1. The monoisotopic (exact) mass is 376 g/mol. The molecular formula is C19H28N4O4. The van der Waals surface area contributed by atoms with Crippen molar-refractivity contribution in [2.75, 3.05) is 26.0 Å². The van der Waals surface area contributed by atoms with E-state index in [2.05, 4.69) is 4.99 Å². The van der Waals surface area contributed by atoms with Gasteiger partial charge in [-0.1, -0.05) is 44.2 Å². The first-order valence-electron chi connectivity index (χ1n) is 9.35. The number of amides is 1. The maximum atomic E-state index is 13.0. The fraction of sp³-hybridized carbons (Fsp3) is 0.579. The smallest absolute Gasteiger partial charge is 0.260 e. The lowest BCUT2D eigenvalue weighted by Gasteiger charge is -2.31. The maximum absolute atomic E-state index is 13.0. The molecule has 1 aliphatic heterocycles. The Kier molecular flexibility index (Phi) is 5.86. The quantitative estimate of drug-likeness (QED) is 0.708. The summed E-state index contributed by atoms with van der Waals surface area (Å²) in [6.45, 7) is 0.0575. The molecule has 0 radical (unpaired) electrons. The molecule has 3 rings (SSSR count). The molecule has 1 aromatic rings. The Balaban J connectivity index is 1.82. The lowest BCUT2D eigenvalue weighted by Crippen LogP contribution is -2.47. The summed E-state index contributed by atoms with van der Waals surface area (Å²) in [5, 5.41) is 10.5. The summed E-state index contributed by atoms with van der Waals surface area (Å²) in [6.07, 6.45) is 6.42. The van der Waals surface area contributed by atoms with Gasteiger partial charge in [0.25, 0.3) is 5.91 Å². The van der Waals surface area contributed by atoms with Crippen molar-refractivity contribution >= 4 is 17.6 Å². The average molecular weight is 376 g/mol. The highest BCUT2D eigenvalue weighted by molar-refractivity contribution is 6.06. The molecule has 0 aromatic heterocycles. The Morgan fingerprint density at radius 2 is 2.04 bits per heavy atom. The summed E-state index contributed by atoms with van der Waals surface area (Å²) in [5.74, 6) is 0.905. The van der Waals surface area contributed by atoms with Crippen molar-refractivity contribution in [2.45, 2.75) is 44.1 Å². The molecule has 1 aliphatic carbocycles. The number of hydrogen-bond acceptors (Lipinski definition) is 7. The minimum absolute atomic E-state index is 0.0575. The number of carbonyl (C=O) groups is 1. The molecule has 0 bridgehead atoms. The molecule has 1 atom stereocenters. The van der Waals surface area contributed by atoms with Crippen molar-refractivity contribution in [3.05, 3.63) is 24.3 Å². The number of rotatable bonds is 7. The molecule has 1 amide bonds. The zero-order valence-electron chi connectivity index (χ0n) is 15.9. The van der Waals surface area contributed by atoms with Crippen LogP contribution in [0.15, 0.2) is 29.3 Å². The Bertz CT molecular complexity index is 705. The van der Waals surface area contributed by atoms with Crippen LogP contribution in [0.3, 0.4) is 0 Å². The van der Waals surface area contributed by atoms with E-state index in [0.717, 1.165) is 12.8 Å². The van der Waals surface area contributed by atoms with Crippen LogP contribution in [0.4, 0.5) is 5.69 Å². The number of nitrogens with two attached hydrogens (primary N) is 1. The fourth-order valence-corrected chi connectivity index (χ4v) is 3.95. The van der Waals surface area contributed by atoms with Crippen molar-refractivity contribution in [3.8, 4) is 5.75 Å². The lowest BCUT2D eigenvalue weighted by atomic mass is 9.79. The molecule has 1 unspecified atom stereocenters. The highest BCUT2D eigenvalue weighted by atomic mass is 16.9. The third-order valence-electron chi connectivity index (χ3n) is 5.44. The van der Waals surface area contributed by atoms with Gasteiger partial charge >= 0.3 is 0 Å². The summed E-state index contributed by atoms with van der Waals surface area (Å²) in [6, 6.07) is 6.91. The first kappa shape index (κ1) is 19.4. The first-order valence-corrected chi connectivity index (χ1v) is 9.35. The number of benzene rings is 1. The van der Waals surface area contributed by atoms with Gasteiger partial charge in [0.2, 0.25) is 0 Å². The molecule has 8 nitrogen and oxygen atoms in total. The average Bonchev–Trinajstić information content (AvgIpc) is 2.90. The molecule has 1 aromatic carbocycles. The Morgan fingerprint density at radius 1 is 1.33 bits per heavy atom. The van der Waals surface area contributed by atoms with E-state index in [0.29, 0.717) is 29.0 Å². The summed E-state index contributed by atoms with van der Waals surface area (Å²) in [4.78, 5) is 23.7. The van der Waals surface area contributed by atoms with E-state index in [-0.39, 0.29) is 18.5 Å². The molecule has 148 valence electrons. The zero-order chi connectivity index (χ0) is 19.4. The Morgan fingerprint density at radius 3 is 2.67 bits per heavy atom. The van der Waals surface area contributed by atoms with Gasteiger partial charge in [0, 0.05) is 7.05 Å². The maximum Gasteiger partial charge on any atom is 0.260 e. The number of aliphatic imine (C=N–C) groups is 1. The number of guanidine groups is 1. The predicted octanol–water partition coefficient (Wildman–Crippen LogP) is 2.32. The predicted molar refractivity (Wildman–Crippen MR) is 102 cm³/mol. The third kappa shape index (κ3) is 4.01. The largest absolute Gasteiger partial charge is 0.488 e. The van der Waals surface area contributed by atoms with Crippen LogP contribution in [0.2, 0.25) is 0 Å². The molecule has 0 spiro atoms. The van der Waals surface area contributed by atoms with Crippen molar-refractivity contribution in [3.63, 3.8) is 0 Å². The van der Waals surface area contributed by atoms with Crippen LogP contribution in [0.5, 0.6) is 5.75 Å². The summed E-state index contributed by atoms with van der Waals surface area (Å²) in [7, 11) is 2.99. The van der Waals surface area contributed by atoms with Crippen LogP contribution in [0, 0.1) is 5.92 Å². The molecule has 27 heavy (non-hydrogen) atoms. The van der Waals surface area contributed by atoms with Gasteiger partial charge < -0.3 is 10.5 Å². The second-order valence-corrected chi connectivity index (χ2v) is 7.29. The fourth-order valence-electron chi connectivity index (χ4n) is 3.95. The Labute approximate surface area is 159 Å². The summed E-state index contributed by atoms with van der Waals surface area (Å²) < 4.78 is 5.96. The number of anilines is 1. The molecular weight excluding hydrogens is 348 g/mol. The minimum atomic E-state index is -1.03.